The highest BCUT2D eigenvalue weighted by atomic mass is 32.1. The van der Waals surface area contributed by atoms with Gasteiger partial charge in [-0.25, -0.2) is 9.67 Å². The van der Waals surface area contributed by atoms with Crippen molar-refractivity contribution in [3.63, 3.8) is 0 Å². The number of nitrogens with zero attached hydrogens (tertiary/aromatic N) is 5. The second-order valence-electron chi connectivity index (χ2n) is 6.22. The number of nitrogens with one attached hydrogen (secondary N) is 1. The average Bonchev–Trinajstić information content (AvgIpc) is 3.24. The Morgan fingerprint density at radius 2 is 2.22 bits per heavy atom. The van der Waals surface area contributed by atoms with Crippen molar-refractivity contribution in [2.24, 2.45) is 5.92 Å². The van der Waals surface area contributed by atoms with E-state index in [0.29, 0.717) is 24.2 Å². The molecule has 2 aromatic rings. The maximum atomic E-state index is 12.0. The minimum atomic E-state index is -0.148. The van der Waals surface area contributed by atoms with E-state index in [2.05, 4.69) is 39.4 Å². The van der Waals surface area contributed by atoms with Crippen LogP contribution in [-0.2, 0) is 0 Å². The molecule has 124 valence electrons. The number of carbonyl (C=O) groups is 1. The van der Waals surface area contributed by atoms with Gasteiger partial charge in [-0.2, -0.15) is 0 Å². The van der Waals surface area contributed by atoms with Crippen LogP contribution < -0.4 is 10.2 Å². The second-order valence-corrected chi connectivity index (χ2v) is 7.09. The van der Waals surface area contributed by atoms with E-state index in [0.717, 1.165) is 31.1 Å². The first kappa shape index (κ1) is 15.9. The van der Waals surface area contributed by atoms with Crippen LogP contribution in [0.2, 0.25) is 0 Å². The zero-order valence-corrected chi connectivity index (χ0v) is 14.3. The zero-order chi connectivity index (χ0) is 16.2. The van der Waals surface area contributed by atoms with Gasteiger partial charge in [-0.3, -0.25) is 4.79 Å². The summed E-state index contributed by atoms with van der Waals surface area (Å²) in [5.74, 6) is 0.273. The number of thiazole rings is 1. The summed E-state index contributed by atoms with van der Waals surface area (Å²) >= 11 is 1.67. The lowest BCUT2D eigenvalue weighted by Gasteiger charge is -2.31. The molecule has 1 aliphatic heterocycles. The highest BCUT2D eigenvalue weighted by Crippen LogP contribution is 2.27. The molecule has 8 heteroatoms. The van der Waals surface area contributed by atoms with Crippen LogP contribution in [0.4, 0.5) is 5.13 Å². The van der Waals surface area contributed by atoms with Crippen molar-refractivity contribution in [1.82, 2.24) is 25.3 Å². The SMILES string of the molecule is CC(C)CNC(=O)c1cn(C2CCN(c3nccs3)CC2)nn1. The summed E-state index contributed by atoms with van der Waals surface area (Å²) < 4.78 is 1.84. The molecule has 2 aromatic heterocycles. The number of hydrogen-bond acceptors (Lipinski definition) is 6. The zero-order valence-electron chi connectivity index (χ0n) is 13.5. The fourth-order valence-corrected chi connectivity index (χ4v) is 3.34. The van der Waals surface area contributed by atoms with Crippen LogP contribution in [0.5, 0.6) is 0 Å². The Morgan fingerprint density at radius 3 is 2.87 bits per heavy atom. The molecule has 0 unspecified atom stereocenters. The van der Waals surface area contributed by atoms with Gasteiger partial charge in [-0.05, 0) is 18.8 Å². The number of hydrogen-bond donors (Lipinski definition) is 1. The lowest BCUT2D eigenvalue weighted by atomic mass is 10.1. The Balaban J connectivity index is 1.56. The Bertz CT molecular complexity index is 630. The van der Waals surface area contributed by atoms with E-state index in [-0.39, 0.29) is 5.91 Å². The first-order chi connectivity index (χ1) is 11.1. The van der Waals surface area contributed by atoms with E-state index in [1.807, 2.05) is 16.3 Å². The van der Waals surface area contributed by atoms with Crippen LogP contribution in [0.3, 0.4) is 0 Å². The van der Waals surface area contributed by atoms with E-state index in [4.69, 9.17) is 0 Å². The summed E-state index contributed by atoms with van der Waals surface area (Å²) in [6.07, 6.45) is 5.57. The van der Waals surface area contributed by atoms with Crippen LogP contribution in [-0.4, -0.2) is 45.5 Å². The van der Waals surface area contributed by atoms with Crippen LogP contribution in [0, 0.1) is 5.92 Å². The molecule has 7 nitrogen and oxygen atoms in total. The molecular weight excluding hydrogens is 312 g/mol. The maximum absolute atomic E-state index is 12.0. The quantitative estimate of drug-likeness (QED) is 0.904. The molecule has 3 rings (SSSR count). The largest absolute Gasteiger partial charge is 0.350 e. The van der Waals surface area contributed by atoms with Gasteiger partial charge in [0.05, 0.1) is 12.2 Å². The van der Waals surface area contributed by atoms with Crippen molar-refractivity contribution in [1.29, 1.82) is 0 Å². The summed E-state index contributed by atoms with van der Waals surface area (Å²) in [6, 6.07) is 0.297. The summed E-state index contributed by atoms with van der Waals surface area (Å²) in [5.41, 5.74) is 0.396. The van der Waals surface area contributed by atoms with Gasteiger partial charge in [0, 0.05) is 31.2 Å². The van der Waals surface area contributed by atoms with Gasteiger partial charge in [0.25, 0.3) is 5.91 Å². The third kappa shape index (κ3) is 3.87. The smallest absolute Gasteiger partial charge is 0.273 e. The highest BCUT2D eigenvalue weighted by Gasteiger charge is 2.23. The Morgan fingerprint density at radius 1 is 1.43 bits per heavy atom. The van der Waals surface area contributed by atoms with E-state index in [1.165, 1.54) is 0 Å². The predicted octanol–water partition coefficient (Wildman–Crippen LogP) is 1.96. The van der Waals surface area contributed by atoms with Gasteiger partial charge < -0.3 is 10.2 Å². The molecule has 0 aromatic carbocycles. The average molecular weight is 334 g/mol. The number of rotatable bonds is 5. The minimum absolute atomic E-state index is 0.148. The van der Waals surface area contributed by atoms with Crippen molar-refractivity contribution in [3.05, 3.63) is 23.5 Å². The predicted molar refractivity (Wildman–Crippen MR) is 89.8 cm³/mol. The molecule has 1 fully saturated rings. The molecule has 1 aliphatic rings. The monoisotopic (exact) mass is 334 g/mol. The number of anilines is 1. The molecule has 0 radical (unpaired) electrons. The Hall–Kier alpha value is -1.96. The Labute approximate surface area is 139 Å². The first-order valence-electron chi connectivity index (χ1n) is 7.98. The molecule has 3 heterocycles. The highest BCUT2D eigenvalue weighted by molar-refractivity contribution is 7.13. The van der Waals surface area contributed by atoms with Crippen molar-refractivity contribution >= 4 is 22.4 Å². The molecule has 23 heavy (non-hydrogen) atoms. The van der Waals surface area contributed by atoms with Gasteiger partial charge in [0.15, 0.2) is 10.8 Å². The van der Waals surface area contributed by atoms with E-state index in [9.17, 15) is 4.79 Å². The molecule has 0 bridgehead atoms. The standard InChI is InChI=1S/C15H22N6OS/c1-11(2)9-17-14(22)13-10-21(19-18-13)12-3-6-20(7-4-12)15-16-5-8-23-15/h5,8,10-12H,3-4,6-7,9H2,1-2H3,(H,17,22). The molecule has 1 N–H and O–H groups in total. The van der Waals surface area contributed by atoms with Crippen molar-refractivity contribution < 1.29 is 4.79 Å². The van der Waals surface area contributed by atoms with E-state index in [1.54, 1.807) is 17.5 Å². The van der Waals surface area contributed by atoms with Crippen molar-refractivity contribution in [2.75, 3.05) is 24.5 Å². The second kappa shape index (κ2) is 7.08. The van der Waals surface area contributed by atoms with Gasteiger partial charge in [-0.1, -0.05) is 19.1 Å². The molecule has 1 saturated heterocycles. The van der Waals surface area contributed by atoms with Gasteiger partial charge >= 0.3 is 0 Å². The number of piperidine rings is 1. The molecule has 1 amide bonds. The third-order valence-corrected chi connectivity index (χ3v) is 4.77. The fourth-order valence-electron chi connectivity index (χ4n) is 2.64. The summed E-state index contributed by atoms with van der Waals surface area (Å²) in [6.45, 7) is 6.68. The summed E-state index contributed by atoms with van der Waals surface area (Å²) in [5, 5.41) is 14.1. The van der Waals surface area contributed by atoms with E-state index < -0.39 is 0 Å². The number of amides is 1. The lowest BCUT2D eigenvalue weighted by molar-refractivity contribution is 0.0944. The summed E-state index contributed by atoms with van der Waals surface area (Å²) in [4.78, 5) is 18.7. The van der Waals surface area contributed by atoms with Gasteiger partial charge in [0.2, 0.25) is 0 Å². The summed E-state index contributed by atoms with van der Waals surface area (Å²) in [7, 11) is 0. The topological polar surface area (TPSA) is 75.9 Å². The molecule has 0 spiro atoms. The van der Waals surface area contributed by atoms with Crippen molar-refractivity contribution in [2.45, 2.75) is 32.7 Å². The normalized spacial score (nSPS) is 16.0. The Kier molecular flexibility index (Phi) is 4.90. The molecule has 0 atom stereocenters. The molecular formula is C15H22N6OS. The van der Waals surface area contributed by atoms with Gasteiger partial charge in [-0.15, -0.1) is 16.4 Å². The fraction of sp³-hybridized carbons (Fsp3) is 0.600. The number of aromatic nitrogens is 4. The number of carbonyl (C=O) groups excluding carboxylic acids is 1. The van der Waals surface area contributed by atoms with Crippen molar-refractivity contribution in [3.8, 4) is 0 Å². The van der Waals surface area contributed by atoms with Crippen LogP contribution in [0.1, 0.15) is 43.2 Å². The third-order valence-electron chi connectivity index (χ3n) is 3.94. The molecule has 0 aliphatic carbocycles. The van der Waals surface area contributed by atoms with Crippen LogP contribution in [0.15, 0.2) is 17.8 Å². The van der Waals surface area contributed by atoms with Gasteiger partial charge in [0.1, 0.15) is 0 Å². The van der Waals surface area contributed by atoms with Crippen LogP contribution in [0.25, 0.3) is 0 Å². The molecule has 0 saturated carbocycles. The maximum Gasteiger partial charge on any atom is 0.273 e. The van der Waals surface area contributed by atoms with Crippen LogP contribution >= 0.6 is 11.3 Å². The first-order valence-corrected chi connectivity index (χ1v) is 8.86. The lowest BCUT2D eigenvalue weighted by Crippen LogP contribution is -2.34. The minimum Gasteiger partial charge on any atom is -0.350 e. The van der Waals surface area contributed by atoms with E-state index >= 15 is 0 Å².